The van der Waals surface area contributed by atoms with Crippen molar-refractivity contribution in [3.8, 4) is 11.3 Å². The third-order valence-corrected chi connectivity index (χ3v) is 6.05. The van der Waals surface area contributed by atoms with Crippen molar-refractivity contribution < 1.29 is 5.11 Å². The number of hydrogen-bond acceptors (Lipinski definition) is 4. The highest BCUT2D eigenvalue weighted by atomic mass is 16.3. The summed E-state index contributed by atoms with van der Waals surface area (Å²) in [7, 11) is 1.96. The topological polar surface area (TPSA) is 54.2 Å². The Labute approximate surface area is 176 Å². The van der Waals surface area contributed by atoms with Crippen molar-refractivity contribution in [1.29, 1.82) is 0 Å². The van der Waals surface area contributed by atoms with Crippen LogP contribution >= 0.6 is 0 Å². The summed E-state index contributed by atoms with van der Waals surface area (Å²) in [6.07, 6.45) is 4.50. The summed E-state index contributed by atoms with van der Waals surface area (Å²) in [5, 5.41) is 16.7. The van der Waals surface area contributed by atoms with E-state index in [-0.39, 0.29) is 12.0 Å². The highest BCUT2D eigenvalue weighted by molar-refractivity contribution is 5.81. The molecular weight excluding hydrogens is 372 g/mol. The first kappa shape index (κ1) is 19.0. The lowest BCUT2D eigenvalue weighted by Gasteiger charge is -2.16. The van der Waals surface area contributed by atoms with Crippen LogP contribution in [-0.2, 0) is 20.0 Å². The number of aliphatic hydroxyl groups excluding tert-OH is 1. The fourth-order valence-corrected chi connectivity index (χ4v) is 4.62. The van der Waals surface area contributed by atoms with Gasteiger partial charge < -0.3 is 5.11 Å². The van der Waals surface area contributed by atoms with Gasteiger partial charge in [0, 0.05) is 61.5 Å². The normalized spacial score (nSPS) is 19.5. The van der Waals surface area contributed by atoms with E-state index in [1.807, 2.05) is 48.3 Å². The number of pyridine rings is 1. The molecule has 5 rings (SSSR count). The first-order chi connectivity index (χ1) is 14.7. The van der Waals surface area contributed by atoms with Gasteiger partial charge in [0.05, 0.1) is 17.3 Å². The summed E-state index contributed by atoms with van der Waals surface area (Å²) in [6, 6.07) is 20.6. The predicted octanol–water partition coefficient (Wildman–Crippen LogP) is 3.67. The monoisotopic (exact) mass is 398 g/mol. The van der Waals surface area contributed by atoms with Crippen molar-refractivity contribution in [3.63, 3.8) is 0 Å². The van der Waals surface area contributed by atoms with E-state index in [2.05, 4.69) is 51.5 Å². The van der Waals surface area contributed by atoms with Crippen LogP contribution in [0.25, 0.3) is 22.2 Å². The highest BCUT2D eigenvalue weighted by Gasteiger charge is 2.32. The molecule has 1 saturated heterocycles. The summed E-state index contributed by atoms with van der Waals surface area (Å²) in [5.74, 6) is 0.215. The first-order valence-corrected chi connectivity index (χ1v) is 10.5. The molecule has 2 atom stereocenters. The molecule has 1 aliphatic heterocycles. The lowest BCUT2D eigenvalue weighted by Crippen LogP contribution is -2.21. The van der Waals surface area contributed by atoms with E-state index in [1.54, 1.807) is 0 Å². The number of β-amino-alcohol motifs (C(OH)–C–C–N with tert-alkyl or cyclic N) is 1. The summed E-state index contributed by atoms with van der Waals surface area (Å²) >= 11 is 0. The average Bonchev–Trinajstić information content (AvgIpc) is 3.30. The van der Waals surface area contributed by atoms with Crippen LogP contribution in [0.2, 0.25) is 0 Å². The quantitative estimate of drug-likeness (QED) is 0.557. The zero-order chi connectivity index (χ0) is 20.5. The molecule has 3 heterocycles. The molecule has 1 fully saturated rings. The third-order valence-electron chi connectivity index (χ3n) is 6.05. The van der Waals surface area contributed by atoms with Gasteiger partial charge in [-0.05, 0) is 24.1 Å². The minimum atomic E-state index is -0.325. The zero-order valence-electron chi connectivity index (χ0n) is 17.1. The molecule has 0 aliphatic carbocycles. The maximum Gasteiger partial charge on any atom is 0.0968 e. The van der Waals surface area contributed by atoms with Gasteiger partial charge in [-0.15, -0.1) is 0 Å². The van der Waals surface area contributed by atoms with Gasteiger partial charge >= 0.3 is 0 Å². The number of nitrogens with zero attached hydrogens (tertiary/aromatic N) is 4. The summed E-state index contributed by atoms with van der Waals surface area (Å²) < 4.78 is 1.88. The molecule has 0 spiro atoms. The molecule has 4 aromatic rings. The number of benzene rings is 2. The predicted molar refractivity (Wildman–Crippen MR) is 119 cm³/mol. The third kappa shape index (κ3) is 3.74. The zero-order valence-corrected chi connectivity index (χ0v) is 17.1. The fraction of sp³-hybridized carbons (Fsp3) is 0.280. The van der Waals surface area contributed by atoms with Crippen LogP contribution < -0.4 is 0 Å². The van der Waals surface area contributed by atoms with Gasteiger partial charge in [0.15, 0.2) is 0 Å². The van der Waals surface area contributed by atoms with Gasteiger partial charge in [-0.3, -0.25) is 14.6 Å². The van der Waals surface area contributed by atoms with E-state index >= 15 is 0 Å². The van der Waals surface area contributed by atoms with Crippen molar-refractivity contribution in [2.75, 3.05) is 13.1 Å². The number of aryl methyl sites for hydroxylation is 1. The lowest BCUT2D eigenvalue weighted by atomic mass is 9.94. The van der Waals surface area contributed by atoms with Crippen LogP contribution in [0.15, 0.2) is 73.1 Å². The van der Waals surface area contributed by atoms with Crippen molar-refractivity contribution in [2.24, 2.45) is 13.0 Å². The molecule has 0 unspecified atom stereocenters. The summed E-state index contributed by atoms with van der Waals surface area (Å²) in [4.78, 5) is 6.81. The van der Waals surface area contributed by atoms with Crippen LogP contribution in [0.1, 0.15) is 11.1 Å². The van der Waals surface area contributed by atoms with Crippen LogP contribution in [0.4, 0.5) is 0 Å². The Kier molecular flexibility index (Phi) is 5.07. The average molecular weight is 399 g/mol. The number of para-hydroxylation sites is 1. The minimum Gasteiger partial charge on any atom is -0.391 e. The van der Waals surface area contributed by atoms with Crippen LogP contribution in [-0.4, -0.2) is 44.0 Å². The summed E-state index contributed by atoms with van der Waals surface area (Å²) in [5.41, 5.74) is 5.63. The fourth-order valence-electron chi connectivity index (χ4n) is 4.62. The Morgan fingerprint density at radius 1 is 0.967 bits per heavy atom. The number of hydrogen-bond donors (Lipinski definition) is 1. The molecule has 5 heteroatoms. The molecular formula is C25H26N4O. The SMILES string of the molecule is Cn1cc(CN2C[C@@H](Cc3ccnc4ccccc34)[C@H](O)C2)c(-c2ccccc2)n1. The van der Waals surface area contributed by atoms with Crippen molar-refractivity contribution in [1.82, 2.24) is 19.7 Å². The van der Waals surface area contributed by atoms with Crippen molar-refractivity contribution in [2.45, 2.75) is 19.1 Å². The van der Waals surface area contributed by atoms with E-state index in [0.717, 1.165) is 36.3 Å². The molecule has 0 amide bonds. The van der Waals surface area contributed by atoms with E-state index in [4.69, 9.17) is 0 Å². The summed E-state index contributed by atoms with van der Waals surface area (Å²) in [6.45, 7) is 2.36. The second kappa shape index (κ2) is 8.01. The maximum atomic E-state index is 10.8. The van der Waals surface area contributed by atoms with Crippen LogP contribution in [0, 0.1) is 5.92 Å². The Balaban J connectivity index is 1.33. The Morgan fingerprint density at radius 2 is 1.77 bits per heavy atom. The Hall–Kier alpha value is -3.02. The van der Waals surface area contributed by atoms with Crippen LogP contribution in [0.3, 0.4) is 0 Å². The number of likely N-dealkylation sites (tertiary alicyclic amines) is 1. The molecule has 2 aromatic heterocycles. The van der Waals surface area contributed by atoms with Gasteiger partial charge in [0.1, 0.15) is 0 Å². The maximum absolute atomic E-state index is 10.8. The minimum absolute atomic E-state index is 0.215. The Bertz CT molecular complexity index is 1150. The molecule has 0 saturated carbocycles. The van der Waals surface area contributed by atoms with Crippen LogP contribution in [0.5, 0.6) is 0 Å². The van der Waals surface area contributed by atoms with Gasteiger partial charge in [-0.2, -0.15) is 5.10 Å². The standard InChI is InChI=1S/C25H26N4O/c1-28-14-21(25(27-28)18-7-3-2-4-8-18)16-29-15-20(24(30)17-29)13-19-11-12-26-23-10-6-5-9-22(19)23/h2-12,14,20,24,30H,13,15-17H2,1H3/t20-,24-/m1/s1. The smallest absolute Gasteiger partial charge is 0.0968 e. The van der Waals surface area contributed by atoms with Gasteiger partial charge in [0.2, 0.25) is 0 Å². The second-order valence-electron chi connectivity index (χ2n) is 8.26. The van der Waals surface area contributed by atoms with Gasteiger partial charge in [-0.25, -0.2) is 0 Å². The highest BCUT2D eigenvalue weighted by Crippen LogP contribution is 2.28. The molecule has 152 valence electrons. The molecule has 1 aliphatic rings. The number of rotatable bonds is 5. The second-order valence-corrected chi connectivity index (χ2v) is 8.26. The van der Waals surface area contributed by atoms with E-state index in [1.165, 1.54) is 16.5 Å². The van der Waals surface area contributed by atoms with Crippen molar-refractivity contribution >= 4 is 10.9 Å². The van der Waals surface area contributed by atoms with E-state index in [9.17, 15) is 5.11 Å². The largest absolute Gasteiger partial charge is 0.391 e. The van der Waals surface area contributed by atoms with Crippen molar-refractivity contribution in [3.05, 3.63) is 84.2 Å². The number of aromatic nitrogens is 3. The Morgan fingerprint density at radius 3 is 2.63 bits per heavy atom. The molecule has 5 nitrogen and oxygen atoms in total. The van der Waals surface area contributed by atoms with Gasteiger partial charge in [0.25, 0.3) is 0 Å². The van der Waals surface area contributed by atoms with E-state index < -0.39 is 0 Å². The van der Waals surface area contributed by atoms with Gasteiger partial charge in [-0.1, -0.05) is 48.5 Å². The van der Waals surface area contributed by atoms with E-state index in [0.29, 0.717) is 6.54 Å². The lowest BCUT2D eigenvalue weighted by molar-refractivity contribution is 0.141. The molecule has 0 bridgehead atoms. The molecule has 2 aromatic carbocycles. The molecule has 30 heavy (non-hydrogen) atoms. The molecule has 0 radical (unpaired) electrons. The molecule has 1 N–H and O–H groups in total. The number of aliphatic hydroxyl groups is 1. The first-order valence-electron chi connectivity index (χ1n) is 10.5. The number of fused-ring (bicyclic) bond motifs is 1.